The minimum Gasteiger partial charge on any atom is -0.491 e. The van der Waals surface area contributed by atoms with Gasteiger partial charge in [0.05, 0.1) is 22.3 Å². The second-order valence-corrected chi connectivity index (χ2v) is 11.4. The molecule has 0 fully saturated rings. The third kappa shape index (κ3) is 7.29. The molecule has 1 amide bonds. The van der Waals surface area contributed by atoms with Crippen LogP contribution < -0.4 is 19.5 Å². The quantitative estimate of drug-likeness (QED) is 0.467. The van der Waals surface area contributed by atoms with Crippen molar-refractivity contribution >= 4 is 21.6 Å². The van der Waals surface area contributed by atoms with Crippen LogP contribution in [0.1, 0.15) is 24.2 Å². The highest BCUT2D eigenvalue weighted by Crippen LogP contribution is 2.28. The highest BCUT2D eigenvalue weighted by molar-refractivity contribution is 7.92. The number of nitrogens with zero attached hydrogens (tertiary/aromatic N) is 1. The predicted molar refractivity (Wildman–Crippen MR) is 150 cm³/mol. The molecule has 0 saturated heterocycles. The van der Waals surface area contributed by atoms with Gasteiger partial charge in [0.15, 0.2) is 0 Å². The molecule has 1 aliphatic heterocycles. The fourth-order valence-corrected chi connectivity index (χ4v) is 5.29. The lowest BCUT2D eigenvalue weighted by Gasteiger charge is -2.30. The molecule has 10 heteroatoms. The molecule has 0 radical (unpaired) electrons. The minimum atomic E-state index is -3.91. The SMILES string of the molecule is CO[C@H]1CN(C)C(=O)c2ccc(NS(=O)(=O)c3ccc(Oc4ccccc4)cc3)cc2OC[C@H](C)NC[C@H]1C. The van der Waals surface area contributed by atoms with Crippen LogP contribution in [0.3, 0.4) is 0 Å². The van der Waals surface area contributed by atoms with E-state index in [1.54, 1.807) is 49.4 Å². The molecule has 3 aromatic rings. The highest BCUT2D eigenvalue weighted by atomic mass is 32.2. The third-order valence-corrected chi connectivity index (χ3v) is 7.99. The lowest BCUT2D eigenvalue weighted by Crippen LogP contribution is -2.44. The van der Waals surface area contributed by atoms with Crippen LogP contribution in [0.2, 0.25) is 0 Å². The Kier molecular flexibility index (Phi) is 9.11. The average molecular weight is 554 g/mol. The van der Waals surface area contributed by atoms with Crippen molar-refractivity contribution in [1.29, 1.82) is 0 Å². The predicted octanol–water partition coefficient (Wildman–Crippen LogP) is 4.37. The Hall–Kier alpha value is -3.60. The van der Waals surface area contributed by atoms with Gasteiger partial charge in [-0.3, -0.25) is 9.52 Å². The van der Waals surface area contributed by atoms with Crippen LogP contribution >= 0.6 is 0 Å². The molecule has 1 heterocycles. The number of carbonyl (C=O) groups is 1. The molecule has 0 aromatic heterocycles. The second-order valence-electron chi connectivity index (χ2n) is 9.76. The van der Waals surface area contributed by atoms with Crippen LogP contribution in [0, 0.1) is 5.92 Å². The van der Waals surface area contributed by atoms with Crippen LogP contribution in [0.15, 0.2) is 77.7 Å². The summed E-state index contributed by atoms with van der Waals surface area (Å²) >= 11 is 0. The molecule has 208 valence electrons. The molecule has 0 spiro atoms. The second kappa shape index (κ2) is 12.5. The van der Waals surface area contributed by atoms with E-state index in [0.29, 0.717) is 42.5 Å². The summed E-state index contributed by atoms with van der Waals surface area (Å²) in [6, 6.07) is 20.1. The van der Waals surface area contributed by atoms with Gasteiger partial charge < -0.3 is 24.4 Å². The van der Waals surface area contributed by atoms with Crippen molar-refractivity contribution in [3.8, 4) is 17.2 Å². The van der Waals surface area contributed by atoms with E-state index in [-0.39, 0.29) is 34.6 Å². The summed E-state index contributed by atoms with van der Waals surface area (Å²) in [5, 5.41) is 3.44. The van der Waals surface area contributed by atoms with Gasteiger partial charge in [-0.1, -0.05) is 25.1 Å². The van der Waals surface area contributed by atoms with Crippen LogP contribution in [0.5, 0.6) is 17.2 Å². The number of fused-ring (bicyclic) bond motifs is 1. The van der Waals surface area contributed by atoms with Gasteiger partial charge in [0.25, 0.3) is 15.9 Å². The zero-order valence-electron chi connectivity index (χ0n) is 22.6. The Morgan fingerprint density at radius 3 is 2.38 bits per heavy atom. The maximum absolute atomic E-state index is 13.3. The van der Waals surface area contributed by atoms with Gasteiger partial charge in [-0.2, -0.15) is 0 Å². The summed E-state index contributed by atoms with van der Waals surface area (Å²) in [6.45, 7) is 5.48. The molecule has 0 unspecified atom stereocenters. The molecule has 4 rings (SSSR count). The van der Waals surface area contributed by atoms with Crippen molar-refractivity contribution in [1.82, 2.24) is 10.2 Å². The summed E-state index contributed by atoms with van der Waals surface area (Å²) < 4.78 is 46.3. The molecule has 0 bridgehead atoms. The minimum absolute atomic E-state index is 0.00188. The highest BCUT2D eigenvalue weighted by Gasteiger charge is 2.26. The number of methoxy groups -OCH3 is 1. The number of benzene rings is 3. The number of amides is 1. The van der Waals surface area contributed by atoms with Gasteiger partial charge >= 0.3 is 0 Å². The van der Waals surface area contributed by atoms with Crippen molar-refractivity contribution in [2.75, 3.05) is 38.6 Å². The summed E-state index contributed by atoms with van der Waals surface area (Å²) in [6.07, 6.45) is -0.141. The molecule has 39 heavy (non-hydrogen) atoms. The Balaban J connectivity index is 1.54. The number of rotatable bonds is 6. The number of sulfonamides is 1. The number of para-hydroxylation sites is 1. The summed E-state index contributed by atoms with van der Waals surface area (Å²) in [7, 11) is -0.543. The van der Waals surface area contributed by atoms with Crippen molar-refractivity contribution < 1.29 is 27.4 Å². The molecular formula is C29H35N3O6S. The van der Waals surface area contributed by atoms with Crippen molar-refractivity contribution in [2.24, 2.45) is 5.92 Å². The smallest absolute Gasteiger partial charge is 0.261 e. The number of carbonyl (C=O) groups excluding carboxylic acids is 1. The molecule has 0 saturated carbocycles. The Morgan fingerprint density at radius 1 is 1.00 bits per heavy atom. The van der Waals surface area contributed by atoms with Crippen molar-refractivity contribution in [3.63, 3.8) is 0 Å². The third-order valence-electron chi connectivity index (χ3n) is 6.59. The molecule has 3 atom stereocenters. The first-order valence-electron chi connectivity index (χ1n) is 12.8. The number of hydrogen-bond donors (Lipinski definition) is 2. The standard InChI is InChI=1S/C29H35N3O6S/c1-20-17-30-21(2)19-37-27-16-22(10-15-26(27)29(33)32(3)18-28(20)36-4)31-39(34,35)25-13-11-24(12-14-25)38-23-8-6-5-7-9-23/h5-16,20-21,28,30-31H,17-19H2,1-4H3/t20-,21+,28+/m1/s1. The average Bonchev–Trinajstić information content (AvgIpc) is 2.93. The number of anilines is 1. The summed E-state index contributed by atoms with van der Waals surface area (Å²) in [5.74, 6) is 1.42. The van der Waals surface area contributed by atoms with Crippen molar-refractivity contribution in [3.05, 3.63) is 78.4 Å². The first-order valence-corrected chi connectivity index (χ1v) is 14.3. The first kappa shape index (κ1) is 28.4. The topological polar surface area (TPSA) is 106 Å². The molecule has 0 aliphatic carbocycles. The van der Waals surface area contributed by atoms with E-state index < -0.39 is 10.0 Å². The zero-order valence-corrected chi connectivity index (χ0v) is 23.4. The Morgan fingerprint density at radius 2 is 1.69 bits per heavy atom. The van der Waals surface area contributed by atoms with Crippen LogP contribution in [0.25, 0.3) is 0 Å². The zero-order chi connectivity index (χ0) is 28.0. The fourth-order valence-electron chi connectivity index (χ4n) is 4.24. The largest absolute Gasteiger partial charge is 0.491 e. The van der Waals surface area contributed by atoms with E-state index in [1.165, 1.54) is 12.1 Å². The van der Waals surface area contributed by atoms with Gasteiger partial charge in [0, 0.05) is 39.4 Å². The Bertz CT molecular complexity index is 1370. The molecule has 1 aliphatic rings. The van der Waals surface area contributed by atoms with Gasteiger partial charge in [0.1, 0.15) is 23.9 Å². The van der Waals surface area contributed by atoms with Gasteiger partial charge in [-0.05, 0) is 61.4 Å². The van der Waals surface area contributed by atoms with E-state index >= 15 is 0 Å². The van der Waals surface area contributed by atoms with Gasteiger partial charge in [-0.25, -0.2) is 8.42 Å². The van der Waals surface area contributed by atoms with E-state index in [4.69, 9.17) is 14.2 Å². The number of ether oxygens (including phenoxy) is 3. The Labute approximate surface area is 230 Å². The summed E-state index contributed by atoms with van der Waals surface area (Å²) in [4.78, 5) is 15.0. The number of nitrogens with one attached hydrogen (secondary N) is 2. The maximum atomic E-state index is 13.3. The first-order chi connectivity index (χ1) is 18.7. The van der Waals surface area contributed by atoms with Crippen LogP contribution in [0.4, 0.5) is 5.69 Å². The molecule has 9 nitrogen and oxygen atoms in total. The fraction of sp³-hybridized carbons (Fsp3) is 0.345. The monoisotopic (exact) mass is 553 g/mol. The van der Waals surface area contributed by atoms with E-state index in [1.807, 2.05) is 37.3 Å². The number of likely N-dealkylation sites (N-methyl/N-ethyl adjacent to an activating group) is 1. The van der Waals surface area contributed by atoms with Crippen LogP contribution in [-0.2, 0) is 14.8 Å². The number of hydrogen-bond acceptors (Lipinski definition) is 7. The van der Waals surface area contributed by atoms with E-state index in [9.17, 15) is 13.2 Å². The molecule has 3 aromatic carbocycles. The maximum Gasteiger partial charge on any atom is 0.261 e. The van der Waals surface area contributed by atoms with Crippen LogP contribution in [-0.4, -0.2) is 65.2 Å². The molecular weight excluding hydrogens is 518 g/mol. The lowest BCUT2D eigenvalue weighted by atomic mass is 10.0. The summed E-state index contributed by atoms with van der Waals surface area (Å²) in [5.41, 5.74) is 0.628. The van der Waals surface area contributed by atoms with E-state index in [0.717, 1.165) is 0 Å². The normalized spacial score (nSPS) is 20.7. The van der Waals surface area contributed by atoms with Gasteiger partial charge in [0.2, 0.25) is 0 Å². The van der Waals surface area contributed by atoms with Gasteiger partial charge in [-0.15, -0.1) is 0 Å². The van der Waals surface area contributed by atoms with E-state index in [2.05, 4.69) is 17.0 Å². The molecule has 2 N–H and O–H groups in total. The van der Waals surface area contributed by atoms with Crippen molar-refractivity contribution in [2.45, 2.75) is 30.9 Å². The lowest BCUT2D eigenvalue weighted by molar-refractivity contribution is 0.0281.